The zero-order valence-electron chi connectivity index (χ0n) is 11.0. The van der Waals surface area contributed by atoms with Crippen LogP contribution in [0.5, 0.6) is 5.88 Å². The molecule has 0 bridgehead atoms. The van der Waals surface area contributed by atoms with Gasteiger partial charge in [0.2, 0.25) is 11.8 Å². The van der Waals surface area contributed by atoms with Crippen LogP contribution in [0.25, 0.3) is 11.1 Å². The number of nitrogens with zero attached hydrogens (tertiary/aromatic N) is 2. The van der Waals surface area contributed by atoms with Crippen LogP contribution >= 0.6 is 0 Å². The molecule has 20 heavy (non-hydrogen) atoms. The van der Waals surface area contributed by atoms with Crippen LogP contribution in [-0.4, -0.2) is 22.1 Å². The number of H-pyrrole nitrogens is 1. The Hall–Kier alpha value is -2.82. The maximum atomic E-state index is 5.33. The first-order valence-electron chi connectivity index (χ1n) is 6.23. The lowest BCUT2D eigenvalue weighted by atomic mass is 10.1. The Bertz CT molecular complexity index is 695. The van der Waals surface area contributed by atoms with Gasteiger partial charge in [-0.25, -0.2) is 9.97 Å². The molecule has 0 aliphatic rings. The molecule has 1 aromatic carbocycles. The van der Waals surface area contributed by atoms with Gasteiger partial charge in [-0.1, -0.05) is 18.2 Å². The highest BCUT2D eigenvalue weighted by atomic mass is 16.5. The Morgan fingerprint density at radius 3 is 2.65 bits per heavy atom. The monoisotopic (exact) mass is 266 g/mol. The van der Waals surface area contributed by atoms with Crippen molar-refractivity contribution in [1.82, 2.24) is 15.0 Å². The largest absolute Gasteiger partial charge is 0.481 e. The smallest absolute Gasteiger partial charge is 0.221 e. The van der Waals surface area contributed by atoms with Gasteiger partial charge < -0.3 is 15.0 Å². The van der Waals surface area contributed by atoms with E-state index in [9.17, 15) is 0 Å². The van der Waals surface area contributed by atoms with Crippen LogP contribution in [0.4, 0.5) is 11.6 Å². The van der Waals surface area contributed by atoms with Crippen LogP contribution in [0.3, 0.4) is 0 Å². The molecule has 2 aromatic heterocycles. The van der Waals surface area contributed by atoms with E-state index >= 15 is 0 Å². The van der Waals surface area contributed by atoms with Crippen molar-refractivity contribution < 1.29 is 4.74 Å². The molecule has 0 aliphatic carbocycles. The number of rotatable bonds is 4. The van der Waals surface area contributed by atoms with Crippen LogP contribution in [-0.2, 0) is 0 Å². The van der Waals surface area contributed by atoms with Gasteiger partial charge in [-0.05, 0) is 18.2 Å². The molecule has 5 nitrogen and oxygen atoms in total. The Kier molecular flexibility index (Phi) is 3.33. The van der Waals surface area contributed by atoms with Gasteiger partial charge in [0.05, 0.1) is 7.11 Å². The number of nitrogens with one attached hydrogen (secondary N) is 2. The highest BCUT2D eigenvalue weighted by Gasteiger charge is 2.11. The summed E-state index contributed by atoms with van der Waals surface area (Å²) >= 11 is 0. The van der Waals surface area contributed by atoms with Crippen molar-refractivity contribution in [2.75, 3.05) is 12.4 Å². The average Bonchev–Trinajstić information content (AvgIpc) is 3.01. The Labute approximate surface area is 116 Å². The number of hydrogen-bond donors (Lipinski definition) is 2. The molecule has 0 radical (unpaired) electrons. The molecule has 2 heterocycles. The van der Waals surface area contributed by atoms with Crippen LogP contribution < -0.4 is 10.1 Å². The van der Waals surface area contributed by atoms with Gasteiger partial charge in [0.1, 0.15) is 0 Å². The SMILES string of the molecule is COc1ncccc1-c1ccccc1Nc1ncc[nH]1. The molecule has 3 rings (SSSR count). The molecule has 0 spiro atoms. The lowest BCUT2D eigenvalue weighted by molar-refractivity contribution is 0.399. The normalized spacial score (nSPS) is 10.2. The molecule has 2 N–H and O–H groups in total. The second kappa shape index (κ2) is 5.44. The topological polar surface area (TPSA) is 62.8 Å². The summed E-state index contributed by atoms with van der Waals surface area (Å²) in [5.74, 6) is 1.29. The van der Waals surface area contributed by atoms with E-state index in [0.29, 0.717) is 11.8 Å². The molecule has 5 heteroatoms. The molecule has 0 saturated carbocycles. The predicted molar refractivity (Wildman–Crippen MR) is 78.1 cm³/mol. The summed E-state index contributed by atoms with van der Waals surface area (Å²) in [6, 6.07) is 11.8. The number of anilines is 2. The molecule has 0 atom stereocenters. The van der Waals surface area contributed by atoms with E-state index in [1.165, 1.54) is 0 Å². The van der Waals surface area contributed by atoms with Crippen molar-refractivity contribution in [3.63, 3.8) is 0 Å². The fraction of sp³-hybridized carbons (Fsp3) is 0.0667. The van der Waals surface area contributed by atoms with Crippen molar-refractivity contribution in [2.24, 2.45) is 0 Å². The predicted octanol–water partition coefficient (Wildman–Crippen LogP) is 3.22. The van der Waals surface area contributed by atoms with Gasteiger partial charge in [-0.2, -0.15) is 0 Å². The Morgan fingerprint density at radius 1 is 1.00 bits per heavy atom. The Balaban J connectivity index is 2.05. The van der Waals surface area contributed by atoms with Crippen molar-refractivity contribution in [3.8, 4) is 17.0 Å². The molecule has 100 valence electrons. The summed E-state index contributed by atoms with van der Waals surface area (Å²) in [5, 5.41) is 3.25. The highest BCUT2D eigenvalue weighted by molar-refractivity contribution is 5.82. The Morgan fingerprint density at radius 2 is 1.85 bits per heavy atom. The molecule has 0 saturated heterocycles. The molecular weight excluding hydrogens is 252 g/mol. The number of benzene rings is 1. The fourth-order valence-electron chi connectivity index (χ4n) is 2.05. The standard InChI is InChI=1S/C15H14N4O/c1-20-14-12(6-4-8-16-14)11-5-2-3-7-13(11)19-15-17-9-10-18-15/h2-10H,1H3,(H2,17,18,19). The molecule has 0 aliphatic heterocycles. The van der Waals surface area contributed by atoms with E-state index in [1.807, 2.05) is 36.4 Å². The molecule has 0 amide bonds. The van der Waals surface area contributed by atoms with Gasteiger partial charge in [-0.15, -0.1) is 0 Å². The third-order valence-electron chi connectivity index (χ3n) is 2.93. The van der Waals surface area contributed by atoms with Crippen LogP contribution in [0.2, 0.25) is 0 Å². The van der Waals surface area contributed by atoms with Crippen LogP contribution in [0.15, 0.2) is 55.0 Å². The first-order valence-corrected chi connectivity index (χ1v) is 6.23. The minimum Gasteiger partial charge on any atom is -0.481 e. The van der Waals surface area contributed by atoms with Gasteiger partial charge in [0, 0.05) is 35.4 Å². The quantitative estimate of drug-likeness (QED) is 0.761. The number of aromatic amines is 1. The summed E-state index contributed by atoms with van der Waals surface area (Å²) in [7, 11) is 1.62. The van der Waals surface area contributed by atoms with Crippen molar-refractivity contribution >= 4 is 11.6 Å². The van der Waals surface area contributed by atoms with E-state index in [2.05, 4.69) is 20.3 Å². The first kappa shape index (κ1) is 12.2. The van der Waals surface area contributed by atoms with Crippen molar-refractivity contribution in [3.05, 3.63) is 55.0 Å². The number of methoxy groups -OCH3 is 1. The molecular formula is C15H14N4O. The number of aromatic nitrogens is 3. The zero-order valence-corrected chi connectivity index (χ0v) is 11.0. The van der Waals surface area contributed by atoms with E-state index in [1.54, 1.807) is 25.7 Å². The second-order valence-electron chi connectivity index (χ2n) is 4.17. The lowest BCUT2D eigenvalue weighted by Crippen LogP contribution is -1.97. The number of ether oxygens (including phenoxy) is 1. The molecule has 3 aromatic rings. The third-order valence-corrected chi connectivity index (χ3v) is 2.93. The van der Waals surface area contributed by atoms with Gasteiger partial charge >= 0.3 is 0 Å². The lowest BCUT2D eigenvalue weighted by Gasteiger charge is -2.12. The van der Waals surface area contributed by atoms with Crippen molar-refractivity contribution in [1.29, 1.82) is 0 Å². The average molecular weight is 266 g/mol. The highest BCUT2D eigenvalue weighted by Crippen LogP contribution is 2.34. The number of imidazole rings is 1. The van der Waals surface area contributed by atoms with E-state index in [4.69, 9.17) is 4.74 Å². The van der Waals surface area contributed by atoms with Gasteiger partial charge in [0.25, 0.3) is 0 Å². The second-order valence-corrected chi connectivity index (χ2v) is 4.17. The summed E-state index contributed by atoms with van der Waals surface area (Å²) in [4.78, 5) is 11.4. The third kappa shape index (κ3) is 2.33. The maximum Gasteiger partial charge on any atom is 0.221 e. The van der Waals surface area contributed by atoms with Gasteiger partial charge in [0.15, 0.2) is 0 Å². The van der Waals surface area contributed by atoms with Gasteiger partial charge in [-0.3, -0.25) is 0 Å². The minimum atomic E-state index is 0.598. The molecule has 0 fully saturated rings. The van der Waals surface area contributed by atoms with Crippen molar-refractivity contribution in [2.45, 2.75) is 0 Å². The minimum absolute atomic E-state index is 0.598. The maximum absolute atomic E-state index is 5.33. The number of hydrogen-bond acceptors (Lipinski definition) is 4. The summed E-state index contributed by atoms with van der Waals surface area (Å²) in [5.41, 5.74) is 2.88. The van der Waals surface area contributed by atoms with E-state index in [0.717, 1.165) is 16.8 Å². The summed E-state index contributed by atoms with van der Waals surface area (Å²) in [6.07, 6.45) is 5.19. The number of pyridine rings is 1. The fourth-order valence-corrected chi connectivity index (χ4v) is 2.05. The van der Waals surface area contributed by atoms with E-state index in [-0.39, 0.29) is 0 Å². The van der Waals surface area contributed by atoms with E-state index < -0.39 is 0 Å². The summed E-state index contributed by atoms with van der Waals surface area (Å²) in [6.45, 7) is 0. The number of para-hydroxylation sites is 1. The van der Waals surface area contributed by atoms with Crippen LogP contribution in [0, 0.1) is 0 Å². The first-order chi connectivity index (χ1) is 9.88. The molecule has 0 unspecified atom stereocenters. The summed E-state index contributed by atoms with van der Waals surface area (Å²) < 4.78 is 5.33. The van der Waals surface area contributed by atoms with Crippen LogP contribution in [0.1, 0.15) is 0 Å². The zero-order chi connectivity index (χ0) is 13.8.